The minimum absolute atomic E-state index is 0.00862. The van der Waals surface area contributed by atoms with Gasteiger partial charge in [-0.15, -0.1) is 0 Å². The molecule has 1 aliphatic rings. The summed E-state index contributed by atoms with van der Waals surface area (Å²) in [6.07, 6.45) is 0.298. The highest BCUT2D eigenvalue weighted by atomic mass is 16.6. The molecular weight excluding hydrogens is 380 g/mol. The average molecular weight is 411 g/mol. The SMILES string of the molecule is COCCOC(=O)CCC(=O)N1CCN(C(c2ccccc2)c2ccccc2)CC1. The fraction of sp³-hybridized carbons (Fsp3) is 0.417. The fourth-order valence-corrected chi connectivity index (χ4v) is 3.79. The Bertz CT molecular complexity index is 750. The molecule has 1 saturated heterocycles. The van der Waals surface area contributed by atoms with E-state index in [1.54, 1.807) is 7.11 Å². The van der Waals surface area contributed by atoms with Crippen LogP contribution in [0.4, 0.5) is 0 Å². The molecule has 6 nitrogen and oxygen atoms in total. The lowest BCUT2D eigenvalue weighted by Crippen LogP contribution is -2.49. The molecule has 1 amide bonds. The Labute approximate surface area is 178 Å². The number of piperazine rings is 1. The van der Waals surface area contributed by atoms with E-state index < -0.39 is 0 Å². The van der Waals surface area contributed by atoms with E-state index in [2.05, 4.69) is 53.4 Å². The number of esters is 1. The second kappa shape index (κ2) is 11.5. The van der Waals surface area contributed by atoms with E-state index in [4.69, 9.17) is 9.47 Å². The summed E-state index contributed by atoms with van der Waals surface area (Å²) >= 11 is 0. The first-order chi connectivity index (χ1) is 14.7. The van der Waals surface area contributed by atoms with Crippen molar-refractivity contribution < 1.29 is 19.1 Å². The number of hydrogen-bond acceptors (Lipinski definition) is 5. The molecule has 160 valence electrons. The van der Waals surface area contributed by atoms with E-state index in [-0.39, 0.29) is 37.4 Å². The zero-order valence-corrected chi connectivity index (χ0v) is 17.5. The summed E-state index contributed by atoms with van der Waals surface area (Å²) in [6, 6.07) is 21.1. The lowest BCUT2D eigenvalue weighted by Gasteiger charge is -2.39. The van der Waals surface area contributed by atoms with Crippen molar-refractivity contribution in [1.29, 1.82) is 0 Å². The van der Waals surface area contributed by atoms with Crippen LogP contribution in [0.1, 0.15) is 30.0 Å². The number of amides is 1. The molecular formula is C24H30N2O4. The van der Waals surface area contributed by atoms with Crippen LogP contribution in [0.25, 0.3) is 0 Å². The molecule has 0 N–H and O–H groups in total. The van der Waals surface area contributed by atoms with E-state index in [9.17, 15) is 9.59 Å². The minimum atomic E-state index is -0.354. The van der Waals surface area contributed by atoms with Crippen LogP contribution in [-0.4, -0.2) is 68.2 Å². The van der Waals surface area contributed by atoms with Crippen LogP contribution in [-0.2, 0) is 19.1 Å². The molecule has 1 fully saturated rings. The number of rotatable bonds is 9. The molecule has 0 saturated carbocycles. The highest BCUT2D eigenvalue weighted by Gasteiger charge is 2.28. The predicted molar refractivity (Wildman–Crippen MR) is 115 cm³/mol. The Kier molecular flexibility index (Phi) is 8.41. The number of carbonyl (C=O) groups excluding carboxylic acids is 2. The molecule has 0 aromatic heterocycles. The first kappa shape index (κ1) is 22.0. The topological polar surface area (TPSA) is 59.1 Å². The van der Waals surface area contributed by atoms with E-state index in [1.165, 1.54) is 11.1 Å². The summed E-state index contributed by atoms with van der Waals surface area (Å²) in [4.78, 5) is 28.5. The molecule has 0 bridgehead atoms. The lowest BCUT2D eigenvalue weighted by atomic mass is 9.96. The molecule has 30 heavy (non-hydrogen) atoms. The zero-order chi connectivity index (χ0) is 21.2. The molecule has 0 aliphatic carbocycles. The third-order valence-electron chi connectivity index (χ3n) is 5.36. The van der Waals surface area contributed by atoms with E-state index in [1.807, 2.05) is 17.0 Å². The molecule has 1 heterocycles. The standard InChI is InChI=1S/C24H30N2O4/c1-29-18-19-30-23(28)13-12-22(27)25-14-16-26(17-15-25)24(20-8-4-2-5-9-20)21-10-6-3-7-11-21/h2-11,24H,12-19H2,1H3. The van der Waals surface area contributed by atoms with Gasteiger partial charge in [0.15, 0.2) is 0 Å². The minimum Gasteiger partial charge on any atom is -0.463 e. The van der Waals surface area contributed by atoms with Crippen molar-refractivity contribution in [3.63, 3.8) is 0 Å². The molecule has 2 aromatic rings. The quantitative estimate of drug-likeness (QED) is 0.470. The van der Waals surface area contributed by atoms with Crippen LogP contribution in [0, 0.1) is 0 Å². The van der Waals surface area contributed by atoms with Gasteiger partial charge in [0.2, 0.25) is 5.91 Å². The molecule has 3 rings (SSSR count). The molecule has 6 heteroatoms. The number of benzene rings is 2. The fourth-order valence-electron chi connectivity index (χ4n) is 3.79. The first-order valence-corrected chi connectivity index (χ1v) is 10.5. The summed E-state index contributed by atoms with van der Waals surface area (Å²) in [5.41, 5.74) is 2.50. The largest absolute Gasteiger partial charge is 0.463 e. The summed E-state index contributed by atoms with van der Waals surface area (Å²) < 4.78 is 9.87. The summed E-state index contributed by atoms with van der Waals surface area (Å²) in [7, 11) is 1.55. The second-order valence-electron chi connectivity index (χ2n) is 7.35. The Morgan fingerprint density at radius 3 is 1.93 bits per heavy atom. The normalized spacial score (nSPS) is 14.7. The number of ether oxygens (including phenoxy) is 2. The van der Waals surface area contributed by atoms with Crippen LogP contribution >= 0.6 is 0 Å². The van der Waals surface area contributed by atoms with Crippen molar-refractivity contribution in [3.05, 3.63) is 71.8 Å². The van der Waals surface area contributed by atoms with Gasteiger partial charge in [0, 0.05) is 39.7 Å². The monoisotopic (exact) mass is 410 g/mol. The second-order valence-corrected chi connectivity index (χ2v) is 7.35. The van der Waals surface area contributed by atoms with E-state index >= 15 is 0 Å². The molecule has 0 radical (unpaired) electrons. The van der Waals surface area contributed by atoms with Crippen molar-refractivity contribution in [1.82, 2.24) is 9.80 Å². The Balaban J connectivity index is 1.55. The van der Waals surface area contributed by atoms with Gasteiger partial charge in [-0.05, 0) is 11.1 Å². The van der Waals surface area contributed by atoms with Gasteiger partial charge >= 0.3 is 5.97 Å². The van der Waals surface area contributed by atoms with Crippen LogP contribution in [0.15, 0.2) is 60.7 Å². The molecule has 0 unspecified atom stereocenters. The highest BCUT2D eigenvalue weighted by Crippen LogP contribution is 2.29. The maximum Gasteiger partial charge on any atom is 0.306 e. The van der Waals surface area contributed by atoms with Crippen LogP contribution < -0.4 is 0 Å². The maximum absolute atomic E-state index is 12.5. The van der Waals surface area contributed by atoms with Crippen LogP contribution in [0.2, 0.25) is 0 Å². The van der Waals surface area contributed by atoms with Gasteiger partial charge in [0.05, 0.1) is 19.1 Å². The average Bonchev–Trinajstić information content (AvgIpc) is 2.80. The predicted octanol–water partition coefficient (Wildman–Crippen LogP) is 2.89. The van der Waals surface area contributed by atoms with E-state index in [0.29, 0.717) is 19.7 Å². The van der Waals surface area contributed by atoms with Gasteiger partial charge < -0.3 is 14.4 Å². The summed E-state index contributed by atoms with van der Waals surface area (Å²) in [5.74, 6) is -0.346. The Morgan fingerprint density at radius 1 is 0.833 bits per heavy atom. The van der Waals surface area contributed by atoms with Crippen LogP contribution in [0.5, 0.6) is 0 Å². The smallest absolute Gasteiger partial charge is 0.306 e. The van der Waals surface area contributed by atoms with Gasteiger partial charge in [0.1, 0.15) is 6.61 Å². The van der Waals surface area contributed by atoms with Crippen LogP contribution in [0.3, 0.4) is 0 Å². The molecule has 2 aromatic carbocycles. The third-order valence-corrected chi connectivity index (χ3v) is 5.36. The molecule has 0 atom stereocenters. The summed E-state index contributed by atoms with van der Waals surface area (Å²) in [5, 5.41) is 0. The number of carbonyl (C=O) groups is 2. The summed E-state index contributed by atoms with van der Waals surface area (Å²) in [6.45, 7) is 3.49. The van der Waals surface area contributed by atoms with Crippen molar-refractivity contribution in [3.8, 4) is 0 Å². The first-order valence-electron chi connectivity index (χ1n) is 10.5. The van der Waals surface area contributed by atoms with Gasteiger partial charge in [-0.1, -0.05) is 60.7 Å². The Morgan fingerprint density at radius 2 is 1.40 bits per heavy atom. The van der Waals surface area contributed by atoms with Gasteiger partial charge in [-0.3, -0.25) is 14.5 Å². The Hall–Kier alpha value is -2.70. The van der Waals surface area contributed by atoms with Crippen molar-refractivity contribution >= 4 is 11.9 Å². The number of nitrogens with zero attached hydrogens (tertiary/aromatic N) is 2. The van der Waals surface area contributed by atoms with Gasteiger partial charge in [-0.2, -0.15) is 0 Å². The van der Waals surface area contributed by atoms with Crippen molar-refractivity contribution in [2.24, 2.45) is 0 Å². The number of hydrogen-bond donors (Lipinski definition) is 0. The van der Waals surface area contributed by atoms with Gasteiger partial charge in [-0.25, -0.2) is 0 Å². The zero-order valence-electron chi connectivity index (χ0n) is 17.5. The third kappa shape index (κ3) is 6.15. The van der Waals surface area contributed by atoms with Crippen molar-refractivity contribution in [2.45, 2.75) is 18.9 Å². The maximum atomic E-state index is 12.5. The number of methoxy groups -OCH3 is 1. The molecule has 0 spiro atoms. The van der Waals surface area contributed by atoms with Crippen molar-refractivity contribution in [2.75, 3.05) is 46.5 Å². The molecule has 1 aliphatic heterocycles. The van der Waals surface area contributed by atoms with Gasteiger partial charge in [0.25, 0.3) is 0 Å². The highest BCUT2D eigenvalue weighted by molar-refractivity contribution is 5.81. The lowest BCUT2D eigenvalue weighted by molar-refractivity contribution is -0.147. The van der Waals surface area contributed by atoms with E-state index in [0.717, 1.165) is 13.1 Å².